The molecule has 3 nitrogen and oxygen atoms in total. The van der Waals surface area contributed by atoms with Crippen molar-refractivity contribution >= 4 is 11.6 Å². The fourth-order valence-corrected chi connectivity index (χ4v) is 2.50. The zero-order chi connectivity index (χ0) is 13.0. The summed E-state index contributed by atoms with van der Waals surface area (Å²) in [5.74, 6) is 0.208. The monoisotopic (exact) mass is 246 g/mol. The van der Waals surface area contributed by atoms with E-state index < -0.39 is 0 Å². The fraction of sp³-hybridized carbons (Fsp3) is 0.533. The van der Waals surface area contributed by atoms with Gasteiger partial charge < -0.3 is 10.2 Å². The van der Waals surface area contributed by atoms with E-state index in [1.807, 2.05) is 11.8 Å². The Morgan fingerprint density at radius 1 is 1.28 bits per heavy atom. The second-order valence-electron chi connectivity index (χ2n) is 4.81. The predicted molar refractivity (Wildman–Crippen MR) is 74.9 cm³/mol. The Kier molecular flexibility index (Phi) is 4.37. The first kappa shape index (κ1) is 13.1. The Labute approximate surface area is 109 Å². The average Bonchev–Trinajstić information content (AvgIpc) is 2.73. The molecule has 0 saturated carbocycles. The summed E-state index contributed by atoms with van der Waals surface area (Å²) in [5.41, 5.74) is 2.37. The molecule has 1 unspecified atom stereocenters. The van der Waals surface area contributed by atoms with Crippen LogP contribution in [0.15, 0.2) is 24.3 Å². The highest BCUT2D eigenvalue weighted by atomic mass is 16.2. The van der Waals surface area contributed by atoms with Crippen LogP contribution < -0.4 is 10.2 Å². The molecule has 0 spiro atoms. The number of nitrogens with zero attached hydrogens (tertiary/aromatic N) is 1. The summed E-state index contributed by atoms with van der Waals surface area (Å²) in [6, 6.07) is 8.40. The number of carbonyl (C=O) groups excluding carboxylic acids is 1. The van der Waals surface area contributed by atoms with Crippen molar-refractivity contribution in [3.63, 3.8) is 0 Å². The lowest BCUT2D eigenvalue weighted by atomic mass is 10.1. The molecule has 18 heavy (non-hydrogen) atoms. The number of amides is 1. The van der Waals surface area contributed by atoms with Crippen LogP contribution in [0, 0.1) is 0 Å². The number of anilines is 1. The average molecular weight is 246 g/mol. The minimum Gasteiger partial charge on any atom is -0.311 e. The molecule has 1 N–H and O–H groups in total. The van der Waals surface area contributed by atoms with Crippen LogP contribution in [0.4, 0.5) is 5.69 Å². The summed E-state index contributed by atoms with van der Waals surface area (Å²) >= 11 is 0. The molecule has 1 heterocycles. The summed E-state index contributed by atoms with van der Waals surface area (Å²) in [5, 5.41) is 3.23. The van der Waals surface area contributed by atoms with E-state index in [2.05, 4.69) is 36.5 Å². The van der Waals surface area contributed by atoms with E-state index in [0.717, 1.165) is 38.0 Å². The summed E-state index contributed by atoms with van der Waals surface area (Å²) in [4.78, 5) is 14.1. The number of likely N-dealkylation sites (N-methyl/N-ethyl adjacent to an activating group) is 1. The van der Waals surface area contributed by atoms with E-state index >= 15 is 0 Å². The quantitative estimate of drug-likeness (QED) is 0.865. The van der Waals surface area contributed by atoms with Crippen molar-refractivity contribution in [2.45, 2.75) is 39.2 Å². The lowest BCUT2D eigenvalue weighted by Gasteiger charge is -2.17. The Morgan fingerprint density at radius 3 is 2.61 bits per heavy atom. The van der Waals surface area contributed by atoms with Crippen molar-refractivity contribution in [2.75, 3.05) is 18.0 Å². The molecule has 0 aliphatic carbocycles. The molecule has 1 atom stereocenters. The van der Waals surface area contributed by atoms with E-state index in [9.17, 15) is 4.79 Å². The molecule has 1 aromatic rings. The first-order valence-corrected chi connectivity index (χ1v) is 6.90. The SMILES string of the molecule is CCCc1ccc(N2CCC(NCC)C2=O)cc1. The predicted octanol–water partition coefficient (Wildman–Crippen LogP) is 2.35. The number of benzene rings is 1. The van der Waals surface area contributed by atoms with Gasteiger partial charge in [0.2, 0.25) is 5.91 Å². The Hall–Kier alpha value is -1.35. The number of nitrogens with one attached hydrogen (secondary N) is 1. The van der Waals surface area contributed by atoms with Crippen molar-refractivity contribution in [3.05, 3.63) is 29.8 Å². The van der Waals surface area contributed by atoms with E-state index in [0.29, 0.717) is 0 Å². The van der Waals surface area contributed by atoms with Crippen LogP contribution in [0.3, 0.4) is 0 Å². The molecule has 2 rings (SSSR count). The highest BCUT2D eigenvalue weighted by Gasteiger charge is 2.31. The number of hydrogen-bond acceptors (Lipinski definition) is 2. The van der Waals surface area contributed by atoms with Crippen molar-refractivity contribution in [2.24, 2.45) is 0 Å². The molecule has 1 amide bonds. The van der Waals surface area contributed by atoms with Crippen LogP contribution in [0.1, 0.15) is 32.3 Å². The Bertz CT molecular complexity index is 399. The summed E-state index contributed by atoms with van der Waals surface area (Å²) in [6.45, 7) is 5.89. The van der Waals surface area contributed by atoms with Crippen LogP contribution in [-0.4, -0.2) is 25.0 Å². The first-order valence-electron chi connectivity index (χ1n) is 6.90. The third-order valence-corrected chi connectivity index (χ3v) is 3.44. The standard InChI is InChI=1S/C15H22N2O/c1-3-5-12-6-8-13(9-7-12)17-11-10-14(15(17)18)16-4-2/h6-9,14,16H,3-5,10-11H2,1-2H3. The second-order valence-corrected chi connectivity index (χ2v) is 4.81. The molecule has 98 valence electrons. The van der Waals surface area contributed by atoms with Crippen molar-refractivity contribution in [1.29, 1.82) is 0 Å². The minimum absolute atomic E-state index is 0.00492. The number of carbonyl (C=O) groups is 1. The zero-order valence-corrected chi connectivity index (χ0v) is 11.3. The number of aryl methyl sites for hydroxylation is 1. The largest absolute Gasteiger partial charge is 0.311 e. The topological polar surface area (TPSA) is 32.3 Å². The highest BCUT2D eigenvalue weighted by molar-refractivity contribution is 5.99. The summed E-state index contributed by atoms with van der Waals surface area (Å²) < 4.78 is 0. The molecule has 1 aliphatic heterocycles. The zero-order valence-electron chi connectivity index (χ0n) is 11.3. The van der Waals surface area contributed by atoms with Gasteiger partial charge in [-0.2, -0.15) is 0 Å². The van der Waals surface area contributed by atoms with Gasteiger partial charge in [-0.3, -0.25) is 4.79 Å². The van der Waals surface area contributed by atoms with Crippen LogP contribution in [0.2, 0.25) is 0 Å². The highest BCUT2D eigenvalue weighted by Crippen LogP contribution is 2.22. The van der Waals surface area contributed by atoms with Gasteiger partial charge in [-0.05, 0) is 37.1 Å². The van der Waals surface area contributed by atoms with Gasteiger partial charge in [-0.15, -0.1) is 0 Å². The van der Waals surface area contributed by atoms with Crippen LogP contribution in [0.25, 0.3) is 0 Å². The Balaban J connectivity index is 2.06. The second kappa shape index (κ2) is 6.01. The van der Waals surface area contributed by atoms with Crippen LogP contribution in [-0.2, 0) is 11.2 Å². The maximum Gasteiger partial charge on any atom is 0.244 e. The van der Waals surface area contributed by atoms with Gasteiger partial charge in [0.25, 0.3) is 0 Å². The molecular formula is C15H22N2O. The van der Waals surface area contributed by atoms with Gasteiger partial charge in [0, 0.05) is 12.2 Å². The van der Waals surface area contributed by atoms with Gasteiger partial charge in [-0.1, -0.05) is 32.4 Å². The maximum atomic E-state index is 12.2. The summed E-state index contributed by atoms with van der Waals surface area (Å²) in [6.07, 6.45) is 3.17. The molecule has 0 aromatic heterocycles. The van der Waals surface area contributed by atoms with E-state index in [1.54, 1.807) is 0 Å². The molecule has 1 fully saturated rings. The molecule has 1 aromatic carbocycles. The molecule has 1 saturated heterocycles. The Morgan fingerprint density at radius 2 is 2.00 bits per heavy atom. The van der Waals surface area contributed by atoms with E-state index in [1.165, 1.54) is 5.56 Å². The van der Waals surface area contributed by atoms with Gasteiger partial charge in [0.05, 0.1) is 6.04 Å². The number of hydrogen-bond donors (Lipinski definition) is 1. The minimum atomic E-state index is 0.00492. The molecular weight excluding hydrogens is 224 g/mol. The maximum absolute atomic E-state index is 12.2. The lowest BCUT2D eigenvalue weighted by Crippen LogP contribution is -2.38. The lowest BCUT2D eigenvalue weighted by molar-refractivity contribution is -0.118. The first-order chi connectivity index (χ1) is 8.76. The van der Waals surface area contributed by atoms with Crippen molar-refractivity contribution in [3.8, 4) is 0 Å². The van der Waals surface area contributed by atoms with Gasteiger partial charge in [0.1, 0.15) is 0 Å². The molecule has 1 aliphatic rings. The third kappa shape index (κ3) is 2.72. The third-order valence-electron chi connectivity index (χ3n) is 3.44. The fourth-order valence-electron chi connectivity index (χ4n) is 2.50. The smallest absolute Gasteiger partial charge is 0.244 e. The van der Waals surface area contributed by atoms with E-state index in [4.69, 9.17) is 0 Å². The molecule has 0 radical (unpaired) electrons. The molecule has 3 heteroatoms. The summed E-state index contributed by atoms with van der Waals surface area (Å²) in [7, 11) is 0. The van der Waals surface area contributed by atoms with Gasteiger partial charge in [0.15, 0.2) is 0 Å². The van der Waals surface area contributed by atoms with Crippen molar-refractivity contribution < 1.29 is 4.79 Å². The van der Waals surface area contributed by atoms with Gasteiger partial charge in [-0.25, -0.2) is 0 Å². The van der Waals surface area contributed by atoms with E-state index in [-0.39, 0.29) is 11.9 Å². The van der Waals surface area contributed by atoms with Crippen LogP contribution in [0.5, 0.6) is 0 Å². The van der Waals surface area contributed by atoms with Crippen LogP contribution >= 0.6 is 0 Å². The van der Waals surface area contributed by atoms with Gasteiger partial charge >= 0.3 is 0 Å². The molecule has 0 bridgehead atoms. The van der Waals surface area contributed by atoms with Crippen molar-refractivity contribution in [1.82, 2.24) is 5.32 Å². The normalized spacial score (nSPS) is 19.6. The number of rotatable bonds is 5.